The lowest BCUT2D eigenvalue weighted by molar-refractivity contribution is 0.0951. The molecule has 0 aliphatic heterocycles. The Morgan fingerprint density at radius 1 is 0.929 bits per heavy atom. The predicted molar refractivity (Wildman–Crippen MR) is 108 cm³/mol. The minimum absolute atomic E-state index is 0.155. The van der Waals surface area contributed by atoms with E-state index in [0.717, 1.165) is 5.56 Å². The molecule has 0 saturated heterocycles. The molecule has 1 amide bonds. The first-order chi connectivity index (χ1) is 13.5. The third kappa shape index (κ3) is 4.89. The molecule has 0 aromatic heterocycles. The van der Waals surface area contributed by atoms with Gasteiger partial charge < -0.3 is 10.1 Å². The van der Waals surface area contributed by atoms with E-state index in [1.165, 1.54) is 18.2 Å². The van der Waals surface area contributed by atoms with Crippen LogP contribution in [-0.2, 0) is 16.6 Å². The molecule has 0 heterocycles. The van der Waals surface area contributed by atoms with Crippen LogP contribution in [0.25, 0.3) is 0 Å². The number of rotatable bonds is 7. The van der Waals surface area contributed by atoms with Crippen molar-refractivity contribution in [3.05, 3.63) is 90.0 Å². The normalized spacial score (nSPS) is 10.9. The van der Waals surface area contributed by atoms with E-state index in [0.29, 0.717) is 23.5 Å². The summed E-state index contributed by atoms with van der Waals surface area (Å²) in [5.74, 6) is 0.410. The molecule has 0 spiro atoms. The summed E-state index contributed by atoms with van der Waals surface area (Å²) < 4.78 is 32.5. The van der Waals surface area contributed by atoms with Gasteiger partial charge in [-0.3, -0.25) is 9.52 Å². The second kappa shape index (κ2) is 8.58. The van der Waals surface area contributed by atoms with Gasteiger partial charge in [0.2, 0.25) is 0 Å². The van der Waals surface area contributed by atoms with Gasteiger partial charge in [-0.15, -0.1) is 0 Å². The van der Waals surface area contributed by atoms with Gasteiger partial charge in [0.25, 0.3) is 15.9 Å². The Labute approximate surface area is 164 Å². The summed E-state index contributed by atoms with van der Waals surface area (Å²) in [7, 11) is -2.13. The first-order valence-corrected chi connectivity index (χ1v) is 10.1. The molecular formula is C21H20N2O4S. The molecule has 144 valence electrons. The number of ether oxygens (including phenoxy) is 1. The molecule has 3 rings (SSSR count). The molecule has 7 heteroatoms. The van der Waals surface area contributed by atoms with E-state index in [4.69, 9.17) is 4.74 Å². The van der Waals surface area contributed by atoms with Gasteiger partial charge in [-0.2, -0.15) is 0 Å². The van der Waals surface area contributed by atoms with Crippen LogP contribution >= 0.6 is 0 Å². The van der Waals surface area contributed by atoms with E-state index in [2.05, 4.69) is 10.0 Å². The lowest BCUT2D eigenvalue weighted by atomic mass is 10.1. The molecule has 0 radical (unpaired) electrons. The molecule has 0 aliphatic rings. The Hall–Kier alpha value is -3.32. The van der Waals surface area contributed by atoms with Crippen molar-refractivity contribution >= 4 is 21.6 Å². The molecule has 0 saturated carbocycles. The molecular weight excluding hydrogens is 376 g/mol. The van der Waals surface area contributed by atoms with Crippen molar-refractivity contribution in [3.8, 4) is 5.75 Å². The number of methoxy groups -OCH3 is 1. The van der Waals surface area contributed by atoms with E-state index in [9.17, 15) is 13.2 Å². The summed E-state index contributed by atoms with van der Waals surface area (Å²) in [6.45, 7) is 0.329. The number of nitrogens with one attached hydrogen (secondary N) is 2. The number of hydrogen-bond donors (Lipinski definition) is 2. The second-order valence-corrected chi connectivity index (χ2v) is 7.72. The topological polar surface area (TPSA) is 84.5 Å². The van der Waals surface area contributed by atoms with Crippen LogP contribution < -0.4 is 14.8 Å². The average molecular weight is 396 g/mol. The molecule has 0 bridgehead atoms. The van der Waals surface area contributed by atoms with Crippen LogP contribution in [-0.4, -0.2) is 21.4 Å². The van der Waals surface area contributed by atoms with Crippen LogP contribution in [0.1, 0.15) is 15.9 Å². The molecule has 0 fully saturated rings. The summed E-state index contributed by atoms with van der Waals surface area (Å²) in [6, 6.07) is 21.8. The third-order valence-electron chi connectivity index (χ3n) is 4.02. The van der Waals surface area contributed by atoms with Crippen LogP contribution in [0.5, 0.6) is 5.75 Å². The minimum atomic E-state index is -3.71. The van der Waals surface area contributed by atoms with Gasteiger partial charge in [-0.25, -0.2) is 8.42 Å². The first-order valence-electron chi connectivity index (χ1n) is 8.57. The molecule has 2 N–H and O–H groups in total. The highest BCUT2D eigenvalue weighted by atomic mass is 32.2. The zero-order valence-corrected chi connectivity index (χ0v) is 16.1. The van der Waals surface area contributed by atoms with Crippen LogP contribution in [0, 0.1) is 0 Å². The fraction of sp³-hybridized carbons (Fsp3) is 0.0952. The lowest BCUT2D eigenvalue weighted by Gasteiger charge is -2.10. The van der Waals surface area contributed by atoms with Gasteiger partial charge in [-0.05, 0) is 48.0 Å². The number of sulfonamides is 1. The van der Waals surface area contributed by atoms with E-state index < -0.39 is 10.0 Å². The standard InChI is InChI=1S/C21H20N2O4S/c1-27-19-10-5-7-16(13-19)15-22-21(24)17-8-6-9-18(14-17)23-28(25,26)20-11-3-2-4-12-20/h2-14,23H,15H2,1H3,(H,22,24). The van der Waals surface area contributed by atoms with Crippen molar-refractivity contribution < 1.29 is 17.9 Å². The number of hydrogen-bond acceptors (Lipinski definition) is 4. The second-order valence-electron chi connectivity index (χ2n) is 6.03. The molecule has 3 aromatic carbocycles. The van der Waals surface area contributed by atoms with E-state index >= 15 is 0 Å². The Bertz CT molecular complexity index is 1070. The first kappa shape index (κ1) is 19.4. The van der Waals surface area contributed by atoms with Crippen molar-refractivity contribution in [2.24, 2.45) is 0 Å². The molecule has 0 atom stereocenters. The minimum Gasteiger partial charge on any atom is -0.497 e. The molecule has 28 heavy (non-hydrogen) atoms. The van der Waals surface area contributed by atoms with Crippen LogP contribution in [0.3, 0.4) is 0 Å². The largest absolute Gasteiger partial charge is 0.497 e. The van der Waals surface area contributed by atoms with Crippen molar-refractivity contribution in [2.75, 3.05) is 11.8 Å². The highest BCUT2D eigenvalue weighted by Crippen LogP contribution is 2.17. The van der Waals surface area contributed by atoms with Crippen molar-refractivity contribution in [1.82, 2.24) is 5.32 Å². The van der Waals surface area contributed by atoms with Gasteiger partial charge in [0.05, 0.1) is 12.0 Å². The number of carbonyl (C=O) groups is 1. The third-order valence-corrected chi connectivity index (χ3v) is 5.41. The van der Waals surface area contributed by atoms with Crippen molar-refractivity contribution in [1.29, 1.82) is 0 Å². The zero-order valence-electron chi connectivity index (χ0n) is 15.3. The van der Waals surface area contributed by atoms with Gasteiger partial charge in [0.15, 0.2) is 0 Å². The van der Waals surface area contributed by atoms with Gasteiger partial charge in [0.1, 0.15) is 5.75 Å². The summed E-state index contributed by atoms with van der Waals surface area (Å²) in [5, 5.41) is 2.82. The summed E-state index contributed by atoms with van der Waals surface area (Å²) in [6.07, 6.45) is 0. The molecule has 0 unspecified atom stereocenters. The highest BCUT2D eigenvalue weighted by molar-refractivity contribution is 7.92. The monoisotopic (exact) mass is 396 g/mol. The number of benzene rings is 3. The number of amides is 1. The van der Waals surface area contributed by atoms with E-state index in [1.54, 1.807) is 43.5 Å². The summed E-state index contributed by atoms with van der Waals surface area (Å²) in [4.78, 5) is 12.6. The van der Waals surface area contributed by atoms with Crippen molar-refractivity contribution in [2.45, 2.75) is 11.4 Å². The molecule has 0 aliphatic carbocycles. The maximum atomic E-state index is 12.4. The molecule has 3 aromatic rings. The molecule has 6 nitrogen and oxygen atoms in total. The van der Waals surface area contributed by atoms with Gasteiger partial charge >= 0.3 is 0 Å². The summed E-state index contributed by atoms with van der Waals surface area (Å²) in [5.41, 5.74) is 1.57. The van der Waals surface area contributed by atoms with Gasteiger partial charge in [-0.1, -0.05) is 36.4 Å². The number of carbonyl (C=O) groups excluding carboxylic acids is 1. The smallest absolute Gasteiger partial charge is 0.261 e. The Kier molecular flexibility index (Phi) is 5.96. The fourth-order valence-corrected chi connectivity index (χ4v) is 3.68. The quantitative estimate of drug-likeness (QED) is 0.641. The predicted octanol–water partition coefficient (Wildman–Crippen LogP) is 3.43. The van der Waals surface area contributed by atoms with Crippen LogP contribution in [0.15, 0.2) is 83.8 Å². The highest BCUT2D eigenvalue weighted by Gasteiger charge is 2.14. The maximum absolute atomic E-state index is 12.4. The van der Waals surface area contributed by atoms with Gasteiger partial charge in [0, 0.05) is 17.8 Å². The van der Waals surface area contributed by atoms with Crippen molar-refractivity contribution in [3.63, 3.8) is 0 Å². The summed E-state index contributed by atoms with van der Waals surface area (Å²) >= 11 is 0. The van der Waals surface area contributed by atoms with E-state index in [1.807, 2.05) is 24.3 Å². The van der Waals surface area contributed by atoms with Crippen LogP contribution in [0.2, 0.25) is 0 Å². The number of anilines is 1. The Balaban J connectivity index is 1.69. The van der Waals surface area contributed by atoms with E-state index in [-0.39, 0.29) is 10.8 Å². The Morgan fingerprint density at radius 3 is 2.43 bits per heavy atom. The zero-order chi connectivity index (χ0) is 20.0. The SMILES string of the molecule is COc1cccc(CNC(=O)c2cccc(NS(=O)(=O)c3ccccc3)c2)c1. The van der Waals surface area contributed by atoms with Crippen LogP contribution in [0.4, 0.5) is 5.69 Å². The average Bonchev–Trinajstić information content (AvgIpc) is 2.72. The lowest BCUT2D eigenvalue weighted by Crippen LogP contribution is -2.23. The maximum Gasteiger partial charge on any atom is 0.261 e. The fourth-order valence-electron chi connectivity index (χ4n) is 2.60. The Morgan fingerprint density at radius 2 is 1.68 bits per heavy atom.